The maximum absolute atomic E-state index is 12.3. The van der Waals surface area contributed by atoms with Crippen LogP contribution in [0.1, 0.15) is 18.9 Å². The SMILES string of the molecule is CCNC(=NCCCS(=O)(=O)c1ccccc1)NCCc1ccc(OC)c(OC)c1.I. The quantitative estimate of drug-likeness (QED) is 0.190. The van der Waals surface area contributed by atoms with Crippen molar-refractivity contribution in [2.24, 2.45) is 4.99 Å². The Bertz CT molecular complexity index is 922. The zero-order chi connectivity index (χ0) is 21.8. The van der Waals surface area contributed by atoms with Crippen LogP contribution in [0.2, 0.25) is 0 Å². The second-order valence-corrected chi connectivity index (χ2v) is 8.72. The van der Waals surface area contributed by atoms with Crippen LogP contribution < -0.4 is 20.1 Å². The van der Waals surface area contributed by atoms with Crippen LogP contribution in [0.3, 0.4) is 0 Å². The average Bonchev–Trinajstić information content (AvgIpc) is 2.77. The van der Waals surface area contributed by atoms with Crippen LogP contribution in [-0.2, 0) is 16.3 Å². The summed E-state index contributed by atoms with van der Waals surface area (Å²) in [5.41, 5.74) is 1.12. The Labute approximate surface area is 202 Å². The van der Waals surface area contributed by atoms with Crippen molar-refractivity contribution in [1.82, 2.24) is 10.6 Å². The number of sulfone groups is 1. The predicted molar refractivity (Wildman–Crippen MR) is 136 cm³/mol. The van der Waals surface area contributed by atoms with Crippen molar-refractivity contribution >= 4 is 39.8 Å². The van der Waals surface area contributed by atoms with E-state index in [4.69, 9.17) is 9.47 Å². The van der Waals surface area contributed by atoms with E-state index in [2.05, 4.69) is 15.6 Å². The van der Waals surface area contributed by atoms with Gasteiger partial charge in [-0.1, -0.05) is 24.3 Å². The second-order valence-electron chi connectivity index (χ2n) is 6.61. The van der Waals surface area contributed by atoms with Crippen molar-refractivity contribution in [3.05, 3.63) is 54.1 Å². The fourth-order valence-corrected chi connectivity index (χ4v) is 4.21. The third-order valence-corrected chi connectivity index (χ3v) is 6.26. The predicted octanol–water partition coefficient (Wildman–Crippen LogP) is 3.28. The summed E-state index contributed by atoms with van der Waals surface area (Å²) >= 11 is 0. The van der Waals surface area contributed by atoms with Crippen LogP contribution in [-0.4, -0.2) is 54.0 Å². The van der Waals surface area contributed by atoms with E-state index >= 15 is 0 Å². The van der Waals surface area contributed by atoms with Gasteiger partial charge in [0.05, 0.1) is 24.9 Å². The molecular weight excluding hydrogens is 529 g/mol. The number of nitrogens with one attached hydrogen (secondary N) is 2. The molecular formula is C22H32IN3O4S. The highest BCUT2D eigenvalue weighted by Gasteiger charge is 2.13. The minimum atomic E-state index is -3.27. The number of nitrogens with zero attached hydrogens (tertiary/aromatic N) is 1. The molecule has 0 heterocycles. The molecule has 2 N–H and O–H groups in total. The van der Waals surface area contributed by atoms with Gasteiger partial charge in [0.1, 0.15) is 0 Å². The molecule has 7 nitrogen and oxygen atoms in total. The standard InChI is InChI=1S/C22H31N3O4S.HI/c1-4-23-22(24-14-8-16-30(26,27)19-9-6-5-7-10-19)25-15-13-18-11-12-20(28-2)21(17-18)29-3;/h5-7,9-12,17H,4,8,13-16H2,1-3H3,(H2,23,24,25);1H. The maximum atomic E-state index is 12.3. The molecule has 0 radical (unpaired) electrons. The third kappa shape index (κ3) is 8.94. The van der Waals surface area contributed by atoms with E-state index in [0.717, 1.165) is 18.5 Å². The molecule has 0 aliphatic heterocycles. The fraction of sp³-hybridized carbons (Fsp3) is 0.409. The maximum Gasteiger partial charge on any atom is 0.191 e. The molecule has 0 unspecified atom stereocenters. The highest BCUT2D eigenvalue weighted by Crippen LogP contribution is 2.27. The Morgan fingerprint density at radius 1 is 1.00 bits per heavy atom. The first kappa shape index (κ1) is 27.0. The highest BCUT2D eigenvalue weighted by molar-refractivity contribution is 14.0. The van der Waals surface area contributed by atoms with E-state index in [1.807, 2.05) is 25.1 Å². The van der Waals surface area contributed by atoms with Gasteiger partial charge in [-0.15, -0.1) is 24.0 Å². The molecule has 0 saturated carbocycles. The van der Waals surface area contributed by atoms with Crippen molar-refractivity contribution in [2.45, 2.75) is 24.7 Å². The summed E-state index contributed by atoms with van der Waals surface area (Å²) in [6, 6.07) is 14.4. The minimum absolute atomic E-state index is 0. The Hall–Kier alpha value is -2.01. The number of halogens is 1. The summed E-state index contributed by atoms with van der Waals surface area (Å²) in [4.78, 5) is 4.84. The lowest BCUT2D eigenvalue weighted by Crippen LogP contribution is -2.38. The van der Waals surface area contributed by atoms with Gasteiger partial charge in [-0.05, 0) is 49.6 Å². The topological polar surface area (TPSA) is 89.0 Å². The summed E-state index contributed by atoms with van der Waals surface area (Å²) in [7, 11) is -0.0348. The van der Waals surface area contributed by atoms with Crippen molar-refractivity contribution < 1.29 is 17.9 Å². The van der Waals surface area contributed by atoms with Crippen LogP contribution in [0.4, 0.5) is 0 Å². The molecule has 2 rings (SSSR count). The number of ether oxygens (including phenoxy) is 2. The number of hydrogen-bond acceptors (Lipinski definition) is 5. The zero-order valence-electron chi connectivity index (χ0n) is 18.3. The highest BCUT2D eigenvalue weighted by atomic mass is 127. The summed E-state index contributed by atoms with van der Waals surface area (Å²) in [5.74, 6) is 2.16. The van der Waals surface area contributed by atoms with Crippen LogP contribution in [0.15, 0.2) is 58.4 Å². The van der Waals surface area contributed by atoms with Gasteiger partial charge in [-0.3, -0.25) is 4.99 Å². The van der Waals surface area contributed by atoms with Gasteiger partial charge >= 0.3 is 0 Å². The number of methoxy groups -OCH3 is 2. The largest absolute Gasteiger partial charge is 0.493 e. The van der Waals surface area contributed by atoms with Crippen LogP contribution in [0.5, 0.6) is 11.5 Å². The van der Waals surface area contributed by atoms with Crippen molar-refractivity contribution in [1.29, 1.82) is 0 Å². The van der Waals surface area contributed by atoms with Gasteiger partial charge in [0.15, 0.2) is 27.3 Å². The fourth-order valence-electron chi connectivity index (χ4n) is 2.89. The summed E-state index contributed by atoms with van der Waals surface area (Å²) in [6.07, 6.45) is 1.25. The third-order valence-electron chi connectivity index (χ3n) is 4.44. The van der Waals surface area contributed by atoms with Crippen LogP contribution in [0.25, 0.3) is 0 Å². The monoisotopic (exact) mass is 561 g/mol. The molecule has 0 aliphatic rings. The lowest BCUT2D eigenvalue weighted by atomic mass is 10.1. The van der Waals surface area contributed by atoms with E-state index in [-0.39, 0.29) is 29.7 Å². The van der Waals surface area contributed by atoms with E-state index < -0.39 is 9.84 Å². The van der Waals surface area contributed by atoms with Crippen LogP contribution >= 0.6 is 24.0 Å². The van der Waals surface area contributed by atoms with Crippen molar-refractivity contribution in [3.63, 3.8) is 0 Å². The van der Waals surface area contributed by atoms with Crippen molar-refractivity contribution in [2.75, 3.05) is 39.6 Å². The zero-order valence-corrected chi connectivity index (χ0v) is 21.4. The Morgan fingerprint density at radius 3 is 2.35 bits per heavy atom. The Kier molecular flexibility index (Phi) is 12.3. The van der Waals surface area contributed by atoms with E-state index in [9.17, 15) is 8.42 Å². The lowest BCUT2D eigenvalue weighted by Gasteiger charge is -2.13. The molecule has 0 bridgehead atoms. The average molecular weight is 561 g/mol. The van der Waals surface area contributed by atoms with Gasteiger partial charge in [0.25, 0.3) is 0 Å². The summed E-state index contributed by atoms with van der Waals surface area (Å²) < 4.78 is 35.3. The molecule has 0 aliphatic carbocycles. The number of guanidine groups is 1. The minimum Gasteiger partial charge on any atom is -0.493 e. The molecule has 2 aromatic carbocycles. The number of rotatable bonds is 11. The Morgan fingerprint density at radius 2 is 1.71 bits per heavy atom. The van der Waals surface area contributed by atoms with Gasteiger partial charge in [-0.2, -0.15) is 0 Å². The number of aliphatic imine (C=N–C) groups is 1. The van der Waals surface area contributed by atoms with E-state index in [0.29, 0.717) is 41.9 Å². The molecule has 31 heavy (non-hydrogen) atoms. The molecule has 0 saturated heterocycles. The normalized spacial score (nSPS) is 11.4. The molecule has 2 aromatic rings. The van der Waals surface area contributed by atoms with Gasteiger partial charge in [0, 0.05) is 19.6 Å². The smallest absolute Gasteiger partial charge is 0.191 e. The molecule has 0 fully saturated rings. The molecule has 172 valence electrons. The first-order valence-electron chi connectivity index (χ1n) is 10.0. The number of hydrogen-bond donors (Lipinski definition) is 2. The second kappa shape index (κ2) is 14.1. The first-order chi connectivity index (χ1) is 14.5. The first-order valence-corrected chi connectivity index (χ1v) is 11.7. The van der Waals surface area contributed by atoms with Gasteiger partial charge in [-0.25, -0.2) is 8.42 Å². The van der Waals surface area contributed by atoms with Crippen LogP contribution in [0, 0.1) is 0 Å². The molecule has 0 amide bonds. The lowest BCUT2D eigenvalue weighted by molar-refractivity contribution is 0.354. The molecule has 9 heteroatoms. The van der Waals surface area contributed by atoms with Gasteiger partial charge in [0.2, 0.25) is 0 Å². The molecule has 0 spiro atoms. The van der Waals surface area contributed by atoms with E-state index in [1.165, 1.54) is 0 Å². The molecule has 0 aromatic heterocycles. The van der Waals surface area contributed by atoms with Gasteiger partial charge < -0.3 is 20.1 Å². The summed E-state index contributed by atoms with van der Waals surface area (Å²) in [6.45, 7) is 3.83. The summed E-state index contributed by atoms with van der Waals surface area (Å²) in [5, 5.41) is 6.47. The molecule has 0 atom stereocenters. The van der Waals surface area contributed by atoms with E-state index in [1.54, 1.807) is 44.6 Å². The van der Waals surface area contributed by atoms with Crippen molar-refractivity contribution in [3.8, 4) is 11.5 Å². The number of benzene rings is 2. The Balaban J connectivity index is 0.00000480.